The first kappa shape index (κ1) is 20.0. The molecule has 0 aromatic heterocycles. The molecule has 148 valence electrons. The van der Waals surface area contributed by atoms with E-state index in [0.29, 0.717) is 18.8 Å². The van der Waals surface area contributed by atoms with E-state index < -0.39 is 6.09 Å². The van der Waals surface area contributed by atoms with Crippen LogP contribution in [0.3, 0.4) is 0 Å². The summed E-state index contributed by atoms with van der Waals surface area (Å²) in [4.78, 5) is 25.9. The van der Waals surface area contributed by atoms with E-state index in [0.717, 1.165) is 19.5 Å². The molecule has 0 bridgehead atoms. The zero-order chi connectivity index (χ0) is 19.6. The van der Waals surface area contributed by atoms with Crippen molar-refractivity contribution in [3.63, 3.8) is 0 Å². The molecule has 6 heteroatoms. The van der Waals surface area contributed by atoms with Gasteiger partial charge in [0.1, 0.15) is 0 Å². The lowest BCUT2D eigenvalue weighted by Gasteiger charge is -2.39. The van der Waals surface area contributed by atoms with Crippen LogP contribution in [0.2, 0.25) is 0 Å². The number of alkyl carbamates (subject to hydrolysis) is 1. The van der Waals surface area contributed by atoms with Crippen LogP contribution in [0.25, 0.3) is 0 Å². The minimum atomic E-state index is -0.426. The van der Waals surface area contributed by atoms with Gasteiger partial charge < -0.3 is 15.0 Å². The number of amides is 2. The number of fused-ring (bicyclic) bond motifs is 1. The summed E-state index contributed by atoms with van der Waals surface area (Å²) in [6.45, 7) is 5.51. The Bertz CT molecular complexity index is 677. The highest BCUT2D eigenvalue weighted by Crippen LogP contribution is 2.62. The lowest BCUT2D eigenvalue weighted by atomic mass is 9.78. The Balaban J connectivity index is 0.00000102. The molecule has 1 N–H and O–H groups in total. The van der Waals surface area contributed by atoms with Gasteiger partial charge in [0.05, 0.1) is 7.11 Å². The fourth-order valence-corrected chi connectivity index (χ4v) is 5.21. The summed E-state index contributed by atoms with van der Waals surface area (Å²) >= 11 is 6.64. The summed E-state index contributed by atoms with van der Waals surface area (Å²) in [6, 6.07) is 10.5. The van der Waals surface area contributed by atoms with Crippen molar-refractivity contribution in [1.29, 1.82) is 0 Å². The number of piperidine rings is 1. The normalized spacial score (nSPS) is 33.6. The maximum Gasteiger partial charge on any atom is 0.407 e. The number of nitrogens with zero attached hydrogens (tertiary/aromatic N) is 1. The lowest BCUT2D eigenvalue weighted by Crippen LogP contribution is -2.52. The summed E-state index contributed by atoms with van der Waals surface area (Å²) in [5.74, 6) is 0.567. The molecule has 3 unspecified atom stereocenters. The van der Waals surface area contributed by atoms with Crippen LogP contribution in [0.5, 0.6) is 0 Å². The second-order valence-electron chi connectivity index (χ2n) is 7.45. The third-order valence-corrected chi connectivity index (χ3v) is 6.92. The molecule has 1 saturated heterocycles. The summed E-state index contributed by atoms with van der Waals surface area (Å²) in [5, 5.41) is 2.87. The summed E-state index contributed by atoms with van der Waals surface area (Å²) in [6.07, 6.45) is 1.90. The highest BCUT2D eigenvalue weighted by Gasteiger charge is 2.66. The van der Waals surface area contributed by atoms with Crippen molar-refractivity contribution in [1.82, 2.24) is 10.2 Å². The molecule has 1 aliphatic heterocycles. The number of benzene rings is 1. The SMILES string of the molecule is CC.COC(=O)NC1CC(C(=O)N2CCC3(c4ccccc4)C(Cl)C3C2)C1. The van der Waals surface area contributed by atoms with Gasteiger partial charge in [-0.05, 0) is 24.8 Å². The van der Waals surface area contributed by atoms with E-state index in [2.05, 4.69) is 34.3 Å². The number of ether oxygens (including phenoxy) is 1. The number of halogens is 1. The van der Waals surface area contributed by atoms with Gasteiger partial charge in [0.15, 0.2) is 0 Å². The van der Waals surface area contributed by atoms with E-state index >= 15 is 0 Å². The van der Waals surface area contributed by atoms with Crippen LogP contribution < -0.4 is 5.32 Å². The number of carbonyl (C=O) groups excluding carboxylic acids is 2. The monoisotopic (exact) mass is 392 g/mol. The number of hydrogen-bond donors (Lipinski definition) is 1. The molecular weight excluding hydrogens is 364 g/mol. The van der Waals surface area contributed by atoms with Gasteiger partial charge >= 0.3 is 6.09 Å². The molecule has 1 heterocycles. The average Bonchev–Trinajstić information content (AvgIpc) is 3.30. The van der Waals surface area contributed by atoms with E-state index in [-0.39, 0.29) is 28.7 Å². The number of likely N-dealkylation sites (tertiary alicyclic amines) is 1. The van der Waals surface area contributed by atoms with Gasteiger partial charge in [0, 0.05) is 41.8 Å². The van der Waals surface area contributed by atoms with E-state index in [1.165, 1.54) is 12.7 Å². The van der Waals surface area contributed by atoms with Crippen LogP contribution in [0, 0.1) is 11.8 Å². The Morgan fingerprint density at radius 2 is 1.89 bits per heavy atom. The molecule has 1 aromatic rings. The Labute approximate surface area is 166 Å². The molecule has 2 amide bonds. The predicted molar refractivity (Wildman–Crippen MR) is 106 cm³/mol. The average molecular weight is 393 g/mol. The molecule has 0 radical (unpaired) electrons. The lowest BCUT2D eigenvalue weighted by molar-refractivity contribution is -0.140. The zero-order valence-corrected chi connectivity index (χ0v) is 17.0. The molecule has 2 saturated carbocycles. The van der Waals surface area contributed by atoms with Crippen LogP contribution >= 0.6 is 11.6 Å². The third kappa shape index (κ3) is 3.54. The molecular formula is C21H29ClN2O3. The van der Waals surface area contributed by atoms with Crippen molar-refractivity contribution in [2.24, 2.45) is 11.8 Å². The van der Waals surface area contributed by atoms with Crippen molar-refractivity contribution in [3.8, 4) is 0 Å². The van der Waals surface area contributed by atoms with Gasteiger partial charge in [-0.3, -0.25) is 4.79 Å². The summed E-state index contributed by atoms with van der Waals surface area (Å²) in [5.41, 5.74) is 1.35. The highest BCUT2D eigenvalue weighted by molar-refractivity contribution is 6.24. The number of nitrogens with one attached hydrogen (secondary N) is 1. The van der Waals surface area contributed by atoms with Crippen molar-refractivity contribution >= 4 is 23.6 Å². The molecule has 0 spiro atoms. The minimum Gasteiger partial charge on any atom is -0.453 e. The second-order valence-corrected chi connectivity index (χ2v) is 7.92. The standard InChI is InChI=1S/C19H23ClN2O3.C2H6/c1-25-18(24)21-14-9-12(10-14)17(23)22-8-7-19(15(11-22)16(19)20)13-5-3-2-4-6-13;1-2/h2-6,12,14-16H,7-11H2,1H3,(H,21,24);1-2H3. The summed E-state index contributed by atoms with van der Waals surface area (Å²) in [7, 11) is 1.35. The number of methoxy groups -OCH3 is 1. The first-order valence-electron chi connectivity index (χ1n) is 9.89. The van der Waals surface area contributed by atoms with E-state index in [9.17, 15) is 9.59 Å². The molecule has 2 aliphatic carbocycles. The molecule has 5 nitrogen and oxygen atoms in total. The Morgan fingerprint density at radius 3 is 2.48 bits per heavy atom. The van der Waals surface area contributed by atoms with Gasteiger partial charge in [-0.1, -0.05) is 44.2 Å². The van der Waals surface area contributed by atoms with E-state index in [1.807, 2.05) is 24.8 Å². The van der Waals surface area contributed by atoms with Gasteiger partial charge in [0.25, 0.3) is 0 Å². The number of alkyl halides is 1. The van der Waals surface area contributed by atoms with E-state index in [4.69, 9.17) is 11.6 Å². The Morgan fingerprint density at radius 1 is 1.22 bits per heavy atom. The second kappa shape index (κ2) is 8.09. The quantitative estimate of drug-likeness (QED) is 0.800. The molecule has 3 atom stereocenters. The van der Waals surface area contributed by atoms with Crippen molar-refractivity contribution in [2.45, 2.75) is 49.9 Å². The number of rotatable bonds is 3. The first-order valence-corrected chi connectivity index (χ1v) is 10.3. The van der Waals surface area contributed by atoms with Crippen molar-refractivity contribution in [3.05, 3.63) is 35.9 Å². The van der Waals surface area contributed by atoms with Crippen LogP contribution in [-0.2, 0) is 14.9 Å². The van der Waals surface area contributed by atoms with Gasteiger partial charge in [0.2, 0.25) is 5.91 Å². The zero-order valence-electron chi connectivity index (χ0n) is 16.3. The van der Waals surface area contributed by atoms with Crippen molar-refractivity contribution in [2.75, 3.05) is 20.2 Å². The van der Waals surface area contributed by atoms with Gasteiger partial charge in [-0.15, -0.1) is 11.6 Å². The first-order chi connectivity index (χ1) is 13.1. The number of carbonyl (C=O) groups is 2. The molecule has 3 aliphatic rings. The predicted octanol–water partition coefficient (Wildman–Crippen LogP) is 3.55. The fourth-order valence-electron chi connectivity index (χ4n) is 4.58. The topological polar surface area (TPSA) is 58.6 Å². The molecule has 3 fully saturated rings. The van der Waals surface area contributed by atoms with Crippen LogP contribution in [0.1, 0.15) is 38.7 Å². The van der Waals surface area contributed by atoms with Gasteiger partial charge in [-0.2, -0.15) is 0 Å². The third-order valence-electron chi connectivity index (χ3n) is 6.23. The molecule has 1 aromatic carbocycles. The van der Waals surface area contributed by atoms with Crippen LogP contribution in [0.15, 0.2) is 30.3 Å². The fraction of sp³-hybridized carbons (Fsp3) is 0.619. The Hall–Kier alpha value is -1.75. The van der Waals surface area contributed by atoms with Crippen LogP contribution in [0.4, 0.5) is 4.79 Å². The highest BCUT2D eigenvalue weighted by atomic mass is 35.5. The smallest absolute Gasteiger partial charge is 0.407 e. The maximum absolute atomic E-state index is 12.7. The molecule has 4 rings (SSSR count). The molecule has 27 heavy (non-hydrogen) atoms. The largest absolute Gasteiger partial charge is 0.453 e. The maximum atomic E-state index is 12.7. The van der Waals surface area contributed by atoms with Crippen LogP contribution in [-0.4, -0.2) is 48.5 Å². The van der Waals surface area contributed by atoms with E-state index in [1.54, 1.807) is 0 Å². The Kier molecular flexibility index (Phi) is 5.99. The summed E-state index contributed by atoms with van der Waals surface area (Å²) < 4.78 is 4.59. The number of hydrogen-bond acceptors (Lipinski definition) is 3. The minimum absolute atomic E-state index is 0.0129. The van der Waals surface area contributed by atoms with Gasteiger partial charge in [-0.25, -0.2) is 4.79 Å². The van der Waals surface area contributed by atoms with Crippen molar-refractivity contribution < 1.29 is 14.3 Å².